The fourth-order valence-corrected chi connectivity index (χ4v) is 2.55. The van der Waals surface area contributed by atoms with Crippen molar-refractivity contribution in [3.63, 3.8) is 0 Å². The Morgan fingerprint density at radius 2 is 1.78 bits per heavy atom. The van der Waals surface area contributed by atoms with Gasteiger partial charge in [-0.1, -0.05) is 38.1 Å². The summed E-state index contributed by atoms with van der Waals surface area (Å²) in [5.74, 6) is -0.243. The predicted octanol–water partition coefficient (Wildman–Crippen LogP) is 2.88. The molecule has 0 radical (unpaired) electrons. The molecule has 0 aliphatic carbocycles. The SMILES string of the molecule is CC(C)C(=O)O[C@H](CCc1cccc(O)c1)NCC(O)c1ccc(O)cc1. The molecule has 0 aliphatic heterocycles. The largest absolute Gasteiger partial charge is 0.508 e. The van der Waals surface area contributed by atoms with Gasteiger partial charge in [-0.3, -0.25) is 10.1 Å². The molecule has 0 aliphatic rings. The highest BCUT2D eigenvalue weighted by molar-refractivity contribution is 5.71. The van der Waals surface area contributed by atoms with Crippen LogP contribution >= 0.6 is 0 Å². The lowest BCUT2D eigenvalue weighted by molar-refractivity contribution is -0.155. The van der Waals surface area contributed by atoms with Crippen LogP contribution in [0.2, 0.25) is 0 Å². The van der Waals surface area contributed by atoms with Crippen LogP contribution in [0.15, 0.2) is 48.5 Å². The topological polar surface area (TPSA) is 99.0 Å². The van der Waals surface area contributed by atoms with E-state index >= 15 is 0 Å². The maximum absolute atomic E-state index is 12.0. The van der Waals surface area contributed by atoms with Gasteiger partial charge in [-0.05, 0) is 41.8 Å². The van der Waals surface area contributed by atoms with Crippen molar-refractivity contribution in [2.24, 2.45) is 5.92 Å². The first-order chi connectivity index (χ1) is 12.8. The minimum Gasteiger partial charge on any atom is -0.508 e. The molecule has 2 rings (SSSR count). The van der Waals surface area contributed by atoms with Crippen molar-refractivity contribution in [2.45, 2.75) is 39.0 Å². The zero-order chi connectivity index (χ0) is 19.8. The van der Waals surface area contributed by atoms with E-state index < -0.39 is 12.3 Å². The van der Waals surface area contributed by atoms with Crippen LogP contribution in [0.5, 0.6) is 11.5 Å². The second-order valence-corrected chi connectivity index (χ2v) is 6.80. The fourth-order valence-electron chi connectivity index (χ4n) is 2.55. The number of phenols is 2. The molecule has 2 aromatic carbocycles. The third-order valence-corrected chi connectivity index (χ3v) is 4.15. The van der Waals surface area contributed by atoms with Crippen molar-refractivity contribution in [3.05, 3.63) is 59.7 Å². The van der Waals surface area contributed by atoms with Crippen molar-refractivity contribution in [1.29, 1.82) is 0 Å². The maximum atomic E-state index is 12.0. The van der Waals surface area contributed by atoms with Gasteiger partial charge >= 0.3 is 5.97 Å². The van der Waals surface area contributed by atoms with Gasteiger partial charge in [0.15, 0.2) is 6.23 Å². The number of hydrogen-bond acceptors (Lipinski definition) is 6. The summed E-state index contributed by atoms with van der Waals surface area (Å²) in [5, 5.41) is 32.3. The number of aliphatic hydroxyl groups excluding tert-OH is 1. The highest BCUT2D eigenvalue weighted by Gasteiger charge is 2.18. The molecule has 2 atom stereocenters. The second kappa shape index (κ2) is 9.94. The summed E-state index contributed by atoms with van der Waals surface area (Å²) < 4.78 is 5.51. The molecule has 2 aromatic rings. The van der Waals surface area contributed by atoms with E-state index in [1.165, 1.54) is 12.1 Å². The third kappa shape index (κ3) is 6.92. The lowest BCUT2D eigenvalue weighted by Crippen LogP contribution is -2.38. The summed E-state index contributed by atoms with van der Waals surface area (Å²) in [5.41, 5.74) is 1.59. The number of esters is 1. The van der Waals surface area contributed by atoms with Crippen LogP contribution in [0.1, 0.15) is 37.5 Å². The van der Waals surface area contributed by atoms with E-state index in [0.29, 0.717) is 18.4 Å². The third-order valence-electron chi connectivity index (χ3n) is 4.15. The molecule has 0 amide bonds. The fraction of sp³-hybridized carbons (Fsp3) is 0.381. The predicted molar refractivity (Wildman–Crippen MR) is 102 cm³/mol. The zero-order valence-corrected chi connectivity index (χ0v) is 15.6. The number of ether oxygens (including phenoxy) is 1. The number of benzene rings is 2. The monoisotopic (exact) mass is 373 g/mol. The smallest absolute Gasteiger partial charge is 0.309 e. The summed E-state index contributed by atoms with van der Waals surface area (Å²) >= 11 is 0. The molecular weight excluding hydrogens is 346 g/mol. The summed E-state index contributed by atoms with van der Waals surface area (Å²) in [7, 11) is 0. The van der Waals surface area contributed by atoms with E-state index in [0.717, 1.165) is 5.56 Å². The quantitative estimate of drug-likeness (QED) is 0.398. The van der Waals surface area contributed by atoms with E-state index in [-0.39, 0.29) is 29.9 Å². The Morgan fingerprint density at radius 3 is 2.41 bits per heavy atom. The number of hydrogen-bond donors (Lipinski definition) is 4. The molecule has 6 nitrogen and oxygen atoms in total. The van der Waals surface area contributed by atoms with Crippen LogP contribution < -0.4 is 5.32 Å². The van der Waals surface area contributed by atoms with Crippen LogP contribution in [0.3, 0.4) is 0 Å². The van der Waals surface area contributed by atoms with Crippen LogP contribution in [0.4, 0.5) is 0 Å². The average molecular weight is 373 g/mol. The minimum absolute atomic E-state index is 0.133. The normalized spacial score (nSPS) is 13.3. The molecule has 27 heavy (non-hydrogen) atoms. The molecule has 0 saturated heterocycles. The average Bonchev–Trinajstić information content (AvgIpc) is 2.64. The van der Waals surface area contributed by atoms with Gasteiger partial charge in [-0.2, -0.15) is 0 Å². The van der Waals surface area contributed by atoms with Gasteiger partial charge in [0.05, 0.1) is 12.0 Å². The van der Waals surface area contributed by atoms with Gasteiger partial charge < -0.3 is 20.1 Å². The Labute approximate surface area is 159 Å². The molecule has 1 unspecified atom stereocenters. The standard InChI is InChI=1S/C21H27NO5/c1-14(2)21(26)27-20(11-6-15-4-3-5-18(24)12-15)22-13-19(25)16-7-9-17(23)10-8-16/h3-5,7-10,12,14,19-20,22-25H,6,11,13H2,1-2H3/t19?,20-/m1/s1. The molecule has 0 spiro atoms. The van der Waals surface area contributed by atoms with Gasteiger partial charge in [0.2, 0.25) is 0 Å². The van der Waals surface area contributed by atoms with E-state index in [9.17, 15) is 20.1 Å². The number of aryl methyl sites for hydroxylation is 1. The van der Waals surface area contributed by atoms with Crippen LogP contribution in [-0.4, -0.2) is 34.1 Å². The number of phenolic OH excluding ortho intramolecular Hbond substituents is 2. The molecular formula is C21H27NO5. The summed E-state index contributed by atoms with van der Waals surface area (Å²) in [6, 6.07) is 13.2. The van der Waals surface area contributed by atoms with Crippen molar-refractivity contribution >= 4 is 5.97 Å². The summed E-state index contributed by atoms with van der Waals surface area (Å²) in [6.45, 7) is 3.72. The van der Waals surface area contributed by atoms with Crippen molar-refractivity contribution in [3.8, 4) is 11.5 Å². The van der Waals surface area contributed by atoms with Gasteiger partial charge in [0.1, 0.15) is 11.5 Å². The van der Waals surface area contributed by atoms with E-state index in [1.807, 2.05) is 6.07 Å². The number of carbonyl (C=O) groups excluding carboxylic acids is 1. The minimum atomic E-state index is -0.799. The molecule has 0 heterocycles. The number of rotatable bonds is 9. The van der Waals surface area contributed by atoms with Crippen LogP contribution in [-0.2, 0) is 16.0 Å². The van der Waals surface area contributed by atoms with Gasteiger partial charge in [-0.15, -0.1) is 0 Å². The molecule has 6 heteroatoms. The molecule has 4 N–H and O–H groups in total. The Hall–Kier alpha value is -2.57. The second-order valence-electron chi connectivity index (χ2n) is 6.80. The molecule has 0 bridgehead atoms. The Balaban J connectivity index is 1.96. The highest BCUT2D eigenvalue weighted by atomic mass is 16.6. The van der Waals surface area contributed by atoms with Gasteiger partial charge in [0, 0.05) is 13.0 Å². The van der Waals surface area contributed by atoms with Crippen molar-refractivity contribution in [1.82, 2.24) is 5.32 Å². The molecule has 0 aromatic heterocycles. The maximum Gasteiger partial charge on any atom is 0.309 e. The number of aliphatic hydroxyl groups is 1. The lowest BCUT2D eigenvalue weighted by atomic mass is 10.1. The van der Waals surface area contributed by atoms with E-state index in [4.69, 9.17) is 4.74 Å². The highest BCUT2D eigenvalue weighted by Crippen LogP contribution is 2.17. The van der Waals surface area contributed by atoms with E-state index in [1.54, 1.807) is 44.2 Å². The number of carbonyl (C=O) groups is 1. The van der Waals surface area contributed by atoms with Crippen LogP contribution in [0, 0.1) is 5.92 Å². The number of nitrogens with one attached hydrogen (secondary N) is 1. The Morgan fingerprint density at radius 1 is 1.07 bits per heavy atom. The summed E-state index contributed by atoms with van der Waals surface area (Å²) in [6.07, 6.45) is -0.252. The molecule has 0 saturated carbocycles. The summed E-state index contributed by atoms with van der Waals surface area (Å²) in [4.78, 5) is 12.0. The Bertz CT molecular complexity index is 730. The first-order valence-electron chi connectivity index (χ1n) is 9.04. The van der Waals surface area contributed by atoms with Crippen LogP contribution in [0.25, 0.3) is 0 Å². The van der Waals surface area contributed by atoms with Gasteiger partial charge in [0.25, 0.3) is 0 Å². The number of aromatic hydroxyl groups is 2. The first-order valence-corrected chi connectivity index (χ1v) is 9.04. The van der Waals surface area contributed by atoms with Crippen molar-refractivity contribution < 1.29 is 24.9 Å². The Kier molecular flexibility index (Phi) is 7.64. The molecule has 0 fully saturated rings. The lowest BCUT2D eigenvalue weighted by Gasteiger charge is -2.22. The molecule has 146 valence electrons. The zero-order valence-electron chi connectivity index (χ0n) is 15.6. The van der Waals surface area contributed by atoms with E-state index in [2.05, 4.69) is 5.32 Å². The van der Waals surface area contributed by atoms with Crippen molar-refractivity contribution in [2.75, 3.05) is 6.54 Å². The first kappa shape index (κ1) is 20.7. The van der Waals surface area contributed by atoms with Gasteiger partial charge in [-0.25, -0.2) is 0 Å².